The Labute approximate surface area is 109 Å². The monoisotopic (exact) mass is 252 g/mol. The number of hydrogen-bond acceptors (Lipinski definition) is 5. The van der Waals surface area contributed by atoms with Crippen LogP contribution in [-0.2, 0) is 0 Å². The molecule has 2 heterocycles. The number of nitrogens with zero attached hydrogens (tertiary/aromatic N) is 3. The lowest BCUT2D eigenvalue weighted by atomic mass is 10.1. The van der Waals surface area contributed by atoms with Gasteiger partial charge >= 0.3 is 6.01 Å². The van der Waals surface area contributed by atoms with Gasteiger partial charge in [-0.1, -0.05) is 24.9 Å². The van der Waals surface area contributed by atoms with Gasteiger partial charge in [0.2, 0.25) is 5.89 Å². The molecule has 2 atom stereocenters. The minimum atomic E-state index is 0.124. The van der Waals surface area contributed by atoms with Gasteiger partial charge in [-0.2, -0.15) is 0 Å². The highest BCUT2D eigenvalue weighted by atomic mass is 16.4. The Kier molecular flexibility index (Phi) is 4.58. The minimum absolute atomic E-state index is 0.124. The fraction of sp³-hybridized carbons (Fsp3) is 0.846. The summed E-state index contributed by atoms with van der Waals surface area (Å²) in [6.07, 6.45) is 5.02. The van der Waals surface area contributed by atoms with E-state index in [1.807, 2.05) is 6.92 Å². The molecule has 1 aromatic heterocycles. The number of nitrogens with one attached hydrogen (secondary N) is 1. The average Bonchev–Trinajstić information content (AvgIpc) is 2.74. The van der Waals surface area contributed by atoms with Crippen LogP contribution in [0.4, 0.5) is 6.01 Å². The van der Waals surface area contributed by atoms with Gasteiger partial charge in [0.25, 0.3) is 0 Å². The molecule has 5 heteroatoms. The maximum absolute atomic E-state index is 5.80. The molecule has 0 spiro atoms. The summed E-state index contributed by atoms with van der Waals surface area (Å²) in [5.74, 6) is 0.684. The molecule has 5 nitrogen and oxygen atoms in total. The molecular weight excluding hydrogens is 228 g/mol. The zero-order chi connectivity index (χ0) is 13.0. The van der Waals surface area contributed by atoms with Gasteiger partial charge in [0.1, 0.15) is 0 Å². The minimum Gasteiger partial charge on any atom is -0.406 e. The van der Waals surface area contributed by atoms with E-state index in [1.54, 1.807) is 0 Å². The van der Waals surface area contributed by atoms with Crippen molar-refractivity contribution in [2.24, 2.45) is 0 Å². The Balaban J connectivity index is 2.08. The smallest absolute Gasteiger partial charge is 0.318 e. The maximum Gasteiger partial charge on any atom is 0.318 e. The van der Waals surface area contributed by atoms with E-state index < -0.39 is 0 Å². The largest absolute Gasteiger partial charge is 0.406 e. The lowest BCUT2D eigenvalue weighted by molar-refractivity contribution is 0.412. The summed E-state index contributed by atoms with van der Waals surface area (Å²) in [4.78, 5) is 2.25. The summed E-state index contributed by atoms with van der Waals surface area (Å²) in [5.41, 5.74) is 0. The molecule has 1 fully saturated rings. The summed E-state index contributed by atoms with van der Waals surface area (Å²) in [6.45, 7) is 8.29. The van der Waals surface area contributed by atoms with Gasteiger partial charge in [-0.3, -0.25) is 0 Å². The Morgan fingerprint density at radius 2 is 2.22 bits per heavy atom. The summed E-state index contributed by atoms with van der Waals surface area (Å²) in [7, 11) is 0. The van der Waals surface area contributed by atoms with Crippen LogP contribution >= 0.6 is 0 Å². The van der Waals surface area contributed by atoms with Gasteiger partial charge in [0, 0.05) is 12.6 Å². The third-order valence-electron chi connectivity index (χ3n) is 3.61. The average molecular weight is 252 g/mol. The summed E-state index contributed by atoms with van der Waals surface area (Å²) in [5, 5.41) is 11.6. The van der Waals surface area contributed by atoms with Crippen molar-refractivity contribution in [1.29, 1.82) is 0 Å². The fourth-order valence-corrected chi connectivity index (χ4v) is 2.47. The second-order valence-electron chi connectivity index (χ2n) is 5.09. The quantitative estimate of drug-likeness (QED) is 0.892. The third kappa shape index (κ3) is 3.02. The van der Waals surface area contributed by atoms with Gasteiger partial charge in [-0.15, -0.1) is 5.10 Å². The van der Waals surface area contributed by atoms with Crippen LogP contribution in [0, 0.1) is 0 Å². The third-order valence-corrected chi connectivity index (χ3v) is 3.61. The van der Waals surface area contributed by atoms with E-state index in [1.165, 1.54) is 25.7 Å². The molecule has 0 saturated carbocycles. The van der Waals surface area contributed by atoms with Crippen molar-refractivity contribution in [2.45, 2.75) is 58.5 Å². The Bertz CT molecular complexity index is 366. The Hall–Kier alpha value is -1.10. The first kappa shape index (κ1) is 13.3. The molecular formula is C13H24N4O. The molecule has 1 N–H and O–H groups in total. The van der Waals surface area contributed by atoms with Crippen LogP contribution in [0.5, 0.6) is 0 Å². The predicted molar refractivity (Wildman–Crippen MR) is 71.7 cm³/mol. The highest BCUT2D eigenvalue weighted by Crippen LogP contribution is 2.24. The van der Waals surface area contributed by atoms with E-state index in [9.17, 15) is 0 Å². The fourth-order valence-electron chi connectivity index (χ4n) is 2.47. The van der Waals surface area contributed by atoms with Crippen LogP contribution in [0.1, 0.15) is 58.4 Å². The highest BCUT2D eigenvalue weighted by Gasteiger charge is 2.23. The molecule has 2 unspecified atom stereocenters. The molecule has 1 aromatic rings. The second-order valence-corrected chi connectivity index (χ2v) is 5.09. The van der Waals surface area contributed by atoms with E-state index >= 15 is 0 Å². The molecule has 1 aliphatic rings. The van der Waals surface area contributed by atoms with E-state index in [-0.39, 0.29) is 6.04 Å². The van der Waals surface area contributed by atoms with Crippen LogP contribution in [0.3, 0.4) is 0 Å². The van der Waals surface area contributed by atoms with Crippen molar-refractivity contribution in [3.8, 4) is 0 Å². The van der Waals surface area contributed by atoms with Gasteiger partial charge < -0.3 is 14.6 Å². The van der Waals surface area contributed by atoms with Crippen LogP contribution in [0.25, 0.3) is 0 Å². The molecule has 0 amide bonds. The molecule has 0 aliphatic carbocycles. The van der Waals surface area contributed by atoms with Crippen LogP contribution in [0.2, 0.25) is 0 Å². The van der Waals surface area contributed by atoms with E-state index in [0.29, 0.717) is 17.9 Å². The number of rotatable bonds is 4. The zero-order valence-electron chi connectivity index (χ0n) is 11.6. The van der Waals surface area contributed by atoms with Crippen molar-refractivity contribution in [3.63, 3.8) is 0 Å². The van der Waals surface area contributed by atoms with Gasteiger partial charge in [-0.25, -0.2) is 0 Å². The normalized spacial score (nSPS) is 22.8. The van der Waals surface area contributed by atoms with Crippen LogP contribution in [0.15, 0.2) is 4.42 Å². The molecule has 0 bridgehead atoms. The molecule has 0 aromatic carbocycles. The van der Waals surface area contributed by atoms with Crippen molar-refractivity contribution in [3.05, 3.63) is 5.89 Å². The molecule has 2 rings (SSSR count). The van der Waals surface area contributed by atoms with Crippen molar-refractivity contribution in [1.82, 2.24) is 15.5 Å². The first-order chi connectivity index (χ1) is 8.72. The molecule has 18 heavy (non-hydrogen) atoms. The summed E-state index contributed by atoms with van der Waals surface area (Å²) >= 11 is 0. The van der Waals surface area contributed by atoms with E-state index in [2.05, 4.69) is 34.3 Å². The molecule has 1 saturated heterocycles. The lowest BCUT2D eigenvalue weighted by Crippen LogP contribution is -2.32. The van der Waals surface area contributed by atoms with E-state index in [0.717, 1.165) is 13.1 Å². The number of hydrogen-bond donors (Lipinski definition) is 1. The van der Waals surface area contributed by atoms with E-state index in [4.69, 9.17) is 4.42 Å². The van der Waals surface area contributed by atoms with Crippen molar-refractivity contribution < 1.29 is 4.42 Å². The Morgan fingerprint density at radius 3 is 3.00 bits per heavy atom. The number of anilines is 1. The predicted octanol–water partition coefficient (Wildman–Crippen LogP) is 2.51. The van der Waals surface area contributed by atoms with Gasteiger partial charge in [-0.05, 0) is 33.2 Å². The molecule has 1 aliphatic heterocycles. The summed E-state index contributed by atoms with van der Waals surface area (Å²) < 4.78 is 5.80. The first-order valence-corrected chi connectivity index (χ1v) is 7.05. The topological polar surface area (TPSA) is 54.2 Å². The first-order valence-electron chi connectivity index (χ1n) is 7.05. The number of aromatic nitrogens is 2. The van der Waals surface area contributed by atoms with Crippen molar-refractivity contribution in [2.75, 3.05) is 18.0 Å². The SMILES string of the molecule is CCNC(C)c1nnc(N2CCCCCC2C)o1. The van der Waals surface area contributed by atoms with Gasteiger partial charge in [0.05, 0.1) is 6.04 Å². The molecule has 0 radical (unpaired) electrons. The van der Waals surface area contributed by atoms with Crippen LogP contribution in [-0.4, -0.2) is 29.3 Å². The summed E-state index contributed by atoms with van der Waals surface area (Å²) in [6, 6.07) is 1.30. The highest BCUT2D eigenvalue weighted by molar-refractivity contribution is 5.26. The second kappa shape index (κ2) is 6.18. The molecule has 102 valence electrons. The maximum atomic E-state index is 5.80. The lowest BCUT2D eigenvalue weighted by Gasteiger charge is -2.24. The van der Waals surface area contributed by atoms with Crippen LogP contribution < -0.4 is 10.2 Å². The Morgan fingerprint density at radius 1 is 1.39 bits per heavy atom. The van der Waals surface area contributed by atoms with Crippen molar-refractivity contribution >= 4 is 6.01 Å². The van der Waals surface area contributed by atoms with Gasteiger partial charge in [0.15, 0.2) is 0 Å². The zero-order valence-corrected chi connectivity index (χ0v) is 11.6. The standard InChI is InChI=1S/C13H24N4O/c1-4-14-11(3)12-15-16-13(18-12)17-9-7-5-6-8-10(17)2/h10-11,14H,4-9H2,1-3H3.